The summed E-state index contributed by atoms with van der Waals surface area (Å²) in [6.07, 6.45) is 0. The molecule has 0 bridgehead atoms. The fraction of sp³-hybridized carbons (Fsp3) is 0.364. The predicted octanol–water partition coefficient (Wildman–Crippen LogP) is 5.11. The molecule has 9 heteroatoms. The molecule has 7 nitrogen and oxygen atoms in total. The average molecular weight is 459 g/mol. The van der Waals surface area contributed by atoms with E-state index in [1.54, 1.807) is 42.5 Å². The first-order valence-corrected chi connectivity index (χ1v) is 11.9. The number of thiophene rings is 1. The van der Waals surface area contributed by atoms with E-state index in [-0.39, 0.29) is 23.7 Å². The lowest BCUT2D eigenvalue weighted by atomic mass is 10.1. The van der Waals surface area contributed by atoms with E-state index < -0.39 is 0 Å². The third-order valence-electron chi connectivity index (χ3n) is 4.72. The lowest BCUT2D eigenvalue weighted by Crippen LogP contribution is -2.15. The summed E-state index contributed by atoms with van der Waals surface area (Å²) < 4.78 is 7.04. The maximum absolute atomic E-state index is 12.4. The van der Waals surface area contributed by atoms with Crippen molar-refractivity contribution in [1.82, 2.24) is 14.8 Å². The molecule has 0 atom stereocenters. The number of rotatable bonds is 8. The highest BCUT2D eigenvalue weighted by Gasteiger charge is 2.20. The van der Waals surface area contributed by atoms with Crippen LogP contribution in [0.4, 0.5) is 5.69 Å². The molecule has 0 aliphatic rings. The zero-order chi connectivity index (χ0) is 22.5. The molecular formula is C22H26N4O3S2. The third kappa shape index (κ3) is 5.34. The quantitative estimate of drug-likeness (QED) is 0.373. The summed E-state index contributed by atoms with van der Waals surface area (Å²) in [6, 6.07) is 6.79. The molecule has 31 heavy (non-hydrogen) atoms. The van der Waals surface area contributed by atoms with Crippen LogP contribution in [0, 0.1) is 13.8 Å². The number of carbonyl (C=O) groups excluding carboxylic acids is 2. The minimum Gasteiger partial charge on any atom is -0.462 e. The van der Waals surface area contributed by atoms with E-state index in [2.05, 4.69) is 53.2 Å². The Labute approximate surface area is 190 Å². The SMILES string of the molecule is CCOC(=O)c1ccc(NC(=O)CSc2nnc(-c3csc(C)c3C)n2C(C)C)cc1. The first-order chi connectivity index (χ1) is 14.8. The number of aromatic nitrogens is 3. The van der Waals surface area contributed by atoms with Gasteiger partial charge < -0.3 is 10.1 Å². The maximum Gasteiger partial charge on any atom is 0.338 e. The maximum atomic E-state index is 12.4. The highest BCUT2D eigenvalue weighted by molar-refractivity contribution is 7.99. The largest absolute Gasteiger partial charge is 0.462 e. The van der Waals surface area contributed by atoms with E-state index in [9.17, 15) is 9.59 Å². The standard InChI is InChI=1S/C22H26N4O3S2/c1-6-29-21(28)16-7-9-17(10-8-16)23-19(27)12-31-22-25-24-20(26(22)13(2)3)18-11-30-15(5)14(18)4/h7-11,13H,6,12H2,1-5H3,(H,23,27). The summed E-state index contributed by atoms with van der Waals surface area (Å²) in [7, 11) is 0. The number of hydrogen-bond acceptors (Lipinski definition) is 7. The molecule has 0 radical (unpaired) electrons. The number of ether oxygens (including phenoxy) is 1. The Bertz CT molecular complexity index is 1070. The Kier molecular flexibility index (Phi) is 7.50. The Hall–Kier alpha value is -2.65. The molecule has 0 aliphatic heterocycles. The molecular weight excluding hydrogens is 432 g/mol. The third-order valence-corrected chi connectivity index (χ3v) is 6.68. The molecule has 0 spiro atoms. The second kappa shape index (κ2) is 10.1. The van der Waals surface area contributed by atoms with Crippen LogP contribution in [-0.2, 0) is 9.53 Å². The van der Waals surface area contributed by atoms with Crippen LogP contribution in [0.25, 0.3) is 11.4 Å². The van der Waals surface area contributed by atoms with Gasteiger partial charge in [-0.25, -0.2) is 4.79 Å². The minimum absolute atomic E-state index is 0.156. The smallest absolute Gasteiger partial charge is 0.338 e. The fourth-order valence-electron chi connectivity index (χ4n) is 2.99. The molecule has 0 fully saturated rings. The van der Waals surface area contributed by atoms with Crippen molar-refractivity contribution in [3.05, 3.63) is 45.6 Å². The van der Waals surface area contributed by atoms with E-state index in [4.69, 9.17) is 4.74 Å². The van der Waals surface area contributed by atoms with Gasteiger partial charge in [0.1, 0.15) is 0 Å². The molecule has 2 aromatic heterocycles. The number of hydrogen-bond donors (Lipinski definition) is 1. The van der Waals surface area contributed by atoms with Crippen molar-refractivity contribution in [3.63, 3.8) is 0 Å². The number of aryl methyl sites for hydroxylation is 1. The van der Waals surface area contributed by atoms with E-state index in [0.29, 0.717) is 23.0 Å². The Balaban J connectivity index is 1.66. The molecule has 164 valence electrons. The summed E-state index contributed by atoms with van der Waals surface area (Å²) in [4.78, 5) is 25.4. The molecule has 2 heterocycles. The first kappa shape index (κ1) is 23.0. The van der Waals surface area contributed by atoms with Gasteiger partial charge in [-0.1, -0.05) is 11.8 Å². The number of nitrogens with one attached hydrogen (secondary N) is 1. The van der Waals surface area contributed by atoms with E-state index in [1.807, 2.05) is 0 Å². The van der Waals surface area contributed by atoms with Crippen molar-refractivity contribution in [3.8, 4) is 11.4 Å². The molecule has 0 unspecified atom stereocenters. The molecule has 0 saturated carbocycles. The highest BCUT2D eigenvalue weighted by atomic mass is 32.2. The van der Waals surface area contributed by atoms with Crippen LogP contribution >= 0.6 is 23.1 Å². The summed E-state index contributed by atoms with van der Waals surface area (Å²) in [6.45, 7) is 10.4. The fourth-order valence-corrected chi connectivity index (χ4v) is 4.72. The molecule has 1 N–H and O–H groups in total. The lowest BCUT2D eigenvalue weighted by Gasteiger charge is -2.13. The number of esters is 1. The van der Waals surface area contributed by atoms with Crippen LogP contribution in [0.15, 0.2) is 34.8 Å². The molecule has 1 amide bonds. The van der Waals surface area contributed by atoms with E-state index in [0.717, 1.165) is 11.4 Å². The van der Waals surface area contributed by atoms with Crippen LogP contribution in [0.2, 0.25) is 0 Å². The minimum atomic E-state index is -0.379. The molecule has 3 rings (SSSR count). The summed E-state index contributed by atoms with van der Waals surface area (Å²) >= 11 is 3.05. The van der Waals surface area contributed by atoms with Gasteiger partial charge in [-0.2, -0.15) is 0 Å². The van der Waals surface area contributed by atoms with Crippen LogP contribution in [0.1, 0.15) is 47.6 Å². The van der Waals surface area contributed by atoms with E-state index in [1.165, 1.54) is 22.2 Å². The summed E-state index contributed by atoms with van der Waals surface area (Å²) in [5, 5.41) is 14.4. The van der Waals surface area contributed by atoms with E-state index >= 15 is 0 Å². The second-order valence-corrected chi connectivity index (χ2v) is 9.26. The van der Waals surface area contributed by atoms with Crippen molar-refractivity contribution in [2.45, 2.75) is 45.8 Å². The van der Waals surface area contributed by atoms with Gasteiger partial charge >= 0.3 is 5.97 Å². The van der Waals surface area contributed by atoms with Crippen LogP contribution < -0.4 is 5.32 Å². The van der Waals surface area contributed by atoms with Crippen molar-refractivity contribution in [2.75, 3.05) is 17.7 Å². The monoisotopic (exact) mass is 458 g/mol. The highest BCUT2D eigenvalue weighted by Crippen LogP contribution is 2.33. The molecule has 0 saturated heterocycles. The Morgan fingerprint density at radius 2 is 1.90 bits per heavy atom. The second-order valence-electron chi connectivity index (χ2n) is 7.24. The number of nitrogens with zero attached hydrogens (tertiary/aromatic N) is 3. The number of anilines is 1. The zero-order valence-electron chi connectivity index (χ0n) is 18.3. The van der Waals surface area contributed by atoms with Gasteiger partial charge in [0.25, 0.3) is 0 Å². The van der Waals surface area contributed by atoms with Gasteiger partial charge in [0.15, 0.2) is 11.0 Å². The van der Waals surface area contributed by atoms with Gasteiger partial charge in [0.2, 0.25) is 5.91 Å². The number of amides is 1. The molecule has 1 aromatic carbocycles. The van der Waals surface area contributed by atoms with Gasteiger partial charge in [-0.3, -0.25) is 9.36 Å². The summed E-state index contributed by atoms with van der Waals surface area (Å²) in [5.41, 5.74) is 3.36. The van der Waals surface area contributed by atoms with Crippen molar-refractivity contribution < 1.29 is 14.3 Å². The average Bonchev–Trinajstić information content (AvgIpc) is 3.30. The number of thioether (sulfide) groups is 1. The normalized spacial score (nSPS) is 11.0. The van der Waals surface area contributed by atoms with Crippen LogP contribution in [0.3, 0.4) is 0 Å². The van der Waals surface area contributed by atoms with Gasteiger partial charge in [0.05, 0.1) is 17.9 Å². The van der Waals surface area contributed by atoms with Crippen LogP contribution in [0.5, 0.6) is 0 Å². The van der Waals surface area contributed by atoms with Gasteiger partial charge in [-0.05, 0) is 64.4 Å². The van der Waals surface area contributed by atoms with Gasteiger partial charge in [-0.15, -0.1) is 21.5 Å². The Morgan fingerprint density at radius 3 is 2.48 bits per heavy atom. The number of benzene rings is 1. The van der Waals surface area contributed by atoms with Crippen molar-refractivity contribution in [1.29, 1.82) is 0 Å². The topological polar surface area (TPSA) is 86.1 Å². The Morgan fingerprint density at radius 1 is 1.19 bits per heavy atom. The molecule has 3 aromatic rings. The van der Waals surface area contributed by atoms with Crippen LogP contribution in [-0.4, -0.2) is 39.0 Å². The van der Waals surface area contributed by atoms with Crippen molar-refractivity contribution >= 4 is 40.7 Å². The molecule has 0 aliphatic carbocycles. The number of carbonyl (C=O) groups is 2. The zero-order valence-corrected chi connectivity index (χ0v) is 19.9. The predicted molar refractivity (Wildman–Crippen MR) is 125 cm³/mol. The van der Waals surface area contributed by atoms with Crippen molar-refractivity contribution in [2.24, 2.45) is 0 Å². The lowest BCUT2D eigenvalue weighted by molar-refractivity contribution is -0.113. The first-order valence-electron chi connectivity index (χ1n) is 10.0. The van der Waals surface area contributed by atoms with Gasteiger partial charge in [0, 0.05) is 27.5 Å². The summed E-state index contributed by atoms with van der Waals surface area (Å²) in [5.74, 6) is 0.494.